The molecule has 0 fully saturated rings. The van der Waals surface area contributed by atoms with Gasteiger partial charge in [0.1, 0.15) is 13.2 Å². The average molecular weight is 1070 g/mol. The lowest BCUT2D eigenvalue weighted by atomic mass is 10.0. The number of hydrogen-bond acceptors (Lipinski definition) is 6. The van der Waals surface area contributed by atoms with Gasteiger partial charge in [-0.3, -0.25) is 14.4 Å². The average Bonchev–Trinajstić information content (AvgIpc) is 3.43. The highest BCUT2D eigenvalue weighted by Crippen LogP contribution is 2.15. The zero-order chi connectivity index (χ0) is 55.7. The topological polar surface area (TPSA) is 78.9 Å². The van der Waals surface area contributed by atoms with Crippen LogP contribution in [-0.4, -0.2) is 37.2 Å². The van der Waals surface area contributed by atoms with Crippen molar-refractivity contribution in [3.63, 3.8) is 0 Å². The van der Waals surface area contributed by atoms with E-state index in [9.17, 15) is 14.4 Å². The molecule has 0 aromatic heterocycles. The second-order valence-electron chi connectivity index (χ2n) is 20.6. The van der Waals surface area contributed by atoms with Crippen LogP contribution in [0.1, 0.15) is 278 Å². The van der Waals surface area contributed by atoms with Crippen LogP contribution >= 0.6 is 0 Å². The fourth-order valence-corrected chi connectivity index (χ4v) is 8.47. The summed E-state index contributed by atoms with van der Waals surface area (Å²) in [5.41, 5.74) is 0. The van der Waals surface area contributed by atoms with Crippen LogP contribution in [0.5, 0.6) is 0 Å². The van der Waals surface area contributed by atoms with Gasteiger partial charge in [0.25, 0.3) is 0 Å². The summed E-state index contributed by atoms with van der Waals surface area (Å²) in [5.74, 6) is -0.923. The Morgan fingerprint density at radius 3 is 0.792 bits per heavy atom. The van der Waals surface area contributed by atoms with Crippen molar-refractivity contribution < 1.29 is 28.6 Å². The van der Waals surface area contributed by atoms with Gasteiger partial charge in [0.2, 0.25) is 0 Å². The van der Waals surface area contributed by atoms with Gasteiger partial charge in [-0.1, -0.05) is 276 Å². The molecule has 0 saturated carbocycles. The molecule has 0 saturated heterocycles. The van der Waals surface area contributed by atoms with Crippen molar-refractivity contribution >= 4 is 17.9 Å². The SMILES string of the molecule is CC/C=C\C/C=C\C/C=C\C/C=C\C/C=C\C/C=C\CCCCCCC(=O)OC(COC(=O)CCCCCCCCC)COC(=O)CCCCCCCCCCCCCCC/C=C\C/C=C\C/C=C\C/C=C\C/C=C\CC. The monoisotopic (exact) mass is 1060 g/mol. The van der Waals surface area contributed by atoms with Crippen LogP contribution in [0.3, 0.4) is 0 Å². The van der Waals surface area contributed by atoms with Gasteiger partial charge in [0, 0.05) is 19.3 Å². The zero-order valence-electron chi connectivity index (χ0n) is 49.9. The molecule has 1 unspecified atom stereocenters. The summed E-state index contributed by atoms with van der Waals surface area (Å²) < 4.78 is 16.8. The first-order valence-corrected chi connectivity index (χ1v) is 31.7. The number of ether oxygens (including phenoxy) is 3. The van der Waals surface area contributed by atoms with Crippen molar-refractivity contribution in [2.45, 2.75) is 284 Å². The van der Waals surface area contributed by atoms with Gasteiger partial charge in [0.05, 0.1) is 0 Å². The zero-order valence-corrected chi connectivity index (χ0v) is 49.9. The van der Waals surface area contributed by atoms with Crippen molar-refractivity contribution in [3.8, 4) is 0 Å². The lowest BCUT2D eigenvalue weighted by Gasteiger charge is -2.18. The molecule has 0 aromatic rings. The van der Waals surface area contributed by atoms with E-state index in [1.54, 1.807) is 0 Å². The molecule has 0 radical (unpaired) electrons. The molecule has 0 aliphatic rings. The van der Waals surface area contributed by atoms with Crippen molar-refractivity contribution in [3.05, 3.63) is 134 Å². The molecule has 0 spiro atoms. The molecule has 0 heterocycles. The summed E-state index contributed by atoms with van der Waals surface area (Å²) in [7, 11) is 0. The van der Waals surface area contributed by atoms with E-state index in [0.29, 0.717) is 19.3 Å². The minimum Gasteiger partial charge on any atom is -0.462 e. The van der Waals surface area contributed by atoms with Gasteiger partial charge in [-0.25, -0.2) is 0 Å². The number of hydrogen-bond donors (Lipinski definition) is 0. The van der Waals surface area contributed by atoms with E-state index in [0.717, 1.165) is 141 Å². The molecule has 0 amide bonds. The Hall–Kier alpha value is -4.45. The Morgan fingerprint density at radius 1 is 0.273 bits per heavy atom. The molecule has 77 heavy (non-hydrogen) atoms. The highest BCUT2D eigenvalue weighted by atomic mass is 16.6. The Balaban J connectivity index is 4.19. The van der Waals surface area contributed by atoms with Crippen molar-refractivity contribution in [1.82, 2.24) is 0 Å². The minimum absolute atomic E-state index is 0.0905. The van der Waals surface area contributed by atoms with E-state index in [-0.39, 0.29) is 31.1 Å². The molecule has 0 aromatic carbocycles. The lowest BCUT2D eigenvalue weighted by Crippen LogP contribution is -2.30. The van der Waals surface area contributed by atoms with E-state index >= 15 is 0 Å². The fraction of sp³-hybridized carbons (Fsp3) is 0.648. The first-order valence-electron chi connectivity index (χ1n) is 31.7. The van der Waals surface area contributed by atoms with Crippen LogP contribution < -0.4 is 0 Å². The molecule has 0 aliphatic heterocycles. The van der Waals surface area contributed by atoms with E-state index in [2.05, 4.69) is 154 Å². The van der Waals surface area contributed by atoms with Crippen LogP contribution in [0.15, 0.2) is 134 Å². The third kappa shape index (κ3) is 62.3. The van der Waals surface area contributed by atoms with E-state index < -0.39 is 6.10 Å². The standard InChI is InChI=1S/C71H116O6/c1-4-7-10-13-16-18-20-22-24-26-28-30-32-33-34-35-36-37-39-40-42-44-46-48-50-52-55-58-61-64-70(73)76-67-68(66-75-69(72)63-60-57-54-15-12-9-6-3)77-71(74)65-62-59-56-53-51-49-47-45-43-41-38-31-29-27-25-23-21-19-17-14-11-8-5-2/h7-8,10-11,16-19,22-25,28-31,33-34,41,43,47,49,68H,4-6,9,12-15,20-21,26-27,32,35-40,42,44-46,48,50-67H2,1-3H3/b10-7-,11-8-,18-16-,19-17-,24-22-,25-23-,30-28-,31-29-,34-33-,43-41-,49-47-. The molecule has 0 bridgehead atoms. The number of rotatable bonds is 56. The maximum Gasteiger partial charge on any atom is 0.306 e. The second kappa shape index (κ2) is 64.1. The Labute approximate surface area is 475 Å². The fourth-order valence-electron chi connectivity index (χ4n) is 8.47. The number of allylic oxidation sites excluding steroid dienone is 22. The smallest absolute Gasteiger partial charge is 0.306 e. The third-order valence-electron chi connectivity index (χ3n) is 13.2. The molecule has 0 aliphatic carbocycles. The van der Waals surface area contributed by atoms with Crippen molar-refractivity contribution in [2.75, 3.05) is 13.2 Å². The largest absolute Gasteiger partial charge is 0.462 e. The van der Waals surface area contributed by atoms with E-state index in [1.807, 2.05) is 0 Å². The van der Waals surface area contributed by atoms with Gasteiger partial charge in [-0.15, -0.1) is 0 Å². The molecule has 6 nitrogen and oxygen atoms in total. The van der Waals surface area contributed by atoms with Crippen molar-refractivity contribution in [1.29, 1.82) is 0 Å². The van der Waals surface area contributed by atoms with Crippen LogP contribution in [0.25, 0.3) is 0 Å². The molecule has 6 heteroatoms. The van der Waals surface area contributed by atoms with E-state index in [4.69, 9.17) is 14.2 Å². The van der Waals surface area contributed by atoms with Crippen LogP contribution in [0.4, 0.5) is 0 Å². The highest BCUT2D eigenvalue weighted by molar-refractivity contribution is 5.71. The van der Waals surface area contributed by atoms with E-state index in [1.165, 1.54) is 96.3 Å². The van der Waals surface area contributed by atoms with Crippen LogP contribution in [0, 0.1) is 0 Å². The maximum absolute atomic E-state index is 12.9. The van der Waals surface area contributed by atoms with Gasteiger partial charge >= 0.3 is 17.9 Å². The quantitative estimate of drug-likeness (QED) is 0.0261. The number of carbonyl (C=O) groups is 3. The number of carbonyl (C=O) groups excluding carboxylic acids is 3. The normalized spacial score (nSPS) is 13.0. The molecule has 436 valence electrons. The van der Waals surface area contributed by atoms with Crippen LogP contribution in [0.2, 0.25) is 0 Å². The van der Waals surface area contributed by atoms with Crippen LogP contribution in [-0.2, 0) is 28.6 Å². The second-order valence-corrected chi connectivity index (χ2v) is 20.6. The molecule has 0 rings (SSSR count). The minimum atomic E-state index is -0.794. The highest BCUT2D eigenvalue weighted by Gasteiger charge is 2.19. The summed E-state index contributed by atoms with van der Waals surface area (Å²) >= 11 is 0. The predicted molar refractivity (Wildman–Crippen MR) is 334 cm³/mol. The summed E-state index contributed by atoms with van der Waals surface area (Å²) in [4.78, 5) is 38.1. The number of unbranched alkanes of at least 4 members (excludes halogenated alkanes) is 23. The van der Waals surface area contributed by atoms with Gasteiger partial charge in [-0.2, -0.15) is 0 Å². The Morgan fingerprint density at radius 2 is 0.506 bits per heavy atom. The summed E-state index contributed by atoms with van der Waals surface area (Å²) in [5, 5.41) is 0. The molecular formula is C71H116O6. The Bertz CT molecular complexity index is 1650. The van der Waals surface area contributed by atoms with Gasteiger partial charge in [-0.05, 0) is 116 Å². The van der Waals surface area contributed by atoms with Crippen molar-refractivity contribution in [2.24, 2.45) is 0 Å². The Kier molecular flexibility index (Phi) is 60.4. The molecular weight excluding hydrogens is 949 g/mol. The first kappa shape index (κ1) is 72.5. The third-order valence-corrected chi connectivity index (χ3v) is 13.2. The predicted octanol–water partition coefficient (Wildman–Crippen LogP) is 21.8. The molecule has 0 N–H and O–H groups in total. The first-order chi connectivity index (χ1) is 38.0. The summed E-state index contributed by atoms with van der Waals surface area (Å²) in [6, 6.07) is 0. The number of esters is 3. The lowest BCUT2D eigenvalue weighted by molar-refractivity contribution is -0.167. The van der Waals surface area contributed by atoms with Gasteiger partial charge in [0.15, 0.2) is 6.10 Å². The summed E-state index contributed by atoms with van der Waals surface area (Å²) in [6.45, 7) is 6.35. The summed E-state index contributed by atoms with van der Waals surface area (Å²) in [6.07, 6.45) is 90.5. The molecule has 1 atom stereocenters. The van der Waals surface area contributed by atoms with Gasteiger partial charge < -0.3 is 14.2 Å². The maximum atomic E-state index is 12.9.